The molecule has 32 heavy (non-hydrogen) atoms. The van der Waals surface area contributed by atoms with Gasteiger partial charge in [0.2, 0.25) is 0 Å². The fraction of sp³-hybridized carbons (Fsp3) is 0.148. The topological polar surface area (TPSA) is 66.9 Å². The van der Waals surface area contributed by atoms with Crippen molar-refractivity contribution in [3.05, 3.63) is 114 Å². The third-order valence-electron chi connectivity index (χ3n) is 5.16. The summed E-state index contributed by atoms with van der Waals surface area (Å²) in [5, 5.41) is 6.36. The van der Waals surface area contributed by atoms with E-state index in [0.717, 1.165) is 36.2 Å². The van der Waals surface area contributed by atoms with Gasteiger partial charge < -0.3 is 10.6 Å². The number of benzene rings is 2. The average Bonchev–Trinajstić information content (AvgIpc) is 2.87. The maximum Gasteiger partial charge on any atom is 0.255 e. The fourth-order valence-corrected chi connectivity index (χ4v) is 3.47. The third kappa shape index (κ3) is 5.79. The molecule has 0 aliphatic carbocycles. The lowest BCUT2D eigenvalue weighted by Crippen LogP contribution is -2.24. The molecular weight excluding hydrogens is 396 g/mol. The highest BCUT2D eigenvalue weighted by Crippen LogP contribution is 2.22. The number of amides is 1. The van der Waals surface area contributed by atoms with E-state index in [0.29, 0.717) is 17.9 Å². The summed E-state index contributed by atoms with van der Waals surface area (Å²) >= 11 is 0. The smallest absolute Gasteiger partial charge is 0.255 e. The van der Waals surface area contributed by atoms with Crippen molar-refractivity contribution < 1.29 is 4.79 Å². The van der Waals surface area contributed by atoms with Gasteiger partial charge in [0.25, 0.3) is 5.91 Å². The lowest BCUT2D eigenvalue weighted by atomic mass is 10.1. The molecule has 4 rings (SSSR count). The maximum atomic E-state index is 12.9. The minimum atomic E-state index is -0.161. The van der Waals surface area contributed by atoms with Gasteiger partial charge in [0.15, 0.2) is 0 Å². The van der Waals surface area contributed by atoms with Crippen molar-refractivity contribution in [1.29, 1.82) is 0 Å². The Morgan fingerprint density at radius 3 is 2.31 bits per heavy atom. The zero-order valence-corrected chi connectivity index (χ0v) is 17.9. The number of aromatic nitrogens is 2. The second kappa shape index (κ2) is 10.9. The first-order valence-electron chi connectivity index (χ1n) is 10.8. The maximum absolute atomic E-state index is 12.9. The van der Waals surface area contributed by atoms with Crippen molar-refractivity contribution in [3.8, 4) is 11.3 Å². The number of aryl methyl sites for hydroxylation is 1. The van der Waals surface area contributed by atoms with Gasteiger partial charge in [-0.2, -0.15) is 0 Å². The molecule has 0 bridgehead atoms. The molecule has 0 spiro atoms. The van der Waals surface area contributed by atoms with Gasteiger partial charge in [-0.25, -0.2) is 4.98 Å². The lowest BCUT2D eigenvalue weighted by molar-refractivity contribution is 0.0951. The van der Waals surface area contributed by atoms with Crippen molar-refractivity contribution >= 4 is 11.7 Å². The molecule has 5 heteroatoms. The zero-order chi connectivity index (χ0) is 22.0. The van der Waals surface area contributed by atoms with Crippen LogP contribution in [0.2, 0.25) is 0 Å². The van der Waals surface area contributed by atoms with Crippen molar-refractivity contribution in [2.75, 3.05) is 11.9 Å². The highest BCUT2D eigenvalue weighted by Gasteiger charge is 2.14. The molecular formula is C27H26N4O. The predicted molar refractivity (Wildman–Crippen MR) is 128 cm³/mol. The van der Waals surface area contributed by atoms with Crippen LogP contribution in [-0.2, 0) is 13.0 Å². The number of hydrogen-bond donors (Lipinski definition) is 2. The second-order valence-electron chi connectivity index (χ2n) is 7.52. The quantitative estimate of drug-likeness (QED) is 0.368. The summed E-state index contributed by atoms with van der Waals surface area (Å²) in [5.74, 6) is 0.439. The monoisotopic (exact) mass is 422 g/mol. The first kappa shape index (κ1) is 21.2. The van der Waals surface area contributed by atoms with Crippen LogP contribution in [0, 0.1) is 0 Å². The predicted octanol–water partition coefficient (Wildman–Crippen LogP) is 5.12. The summed E-state index contributed by atoms with van der Waals surface area (Å²) in [6.07, 6.45) is 5.38. The van der Waals surface area contributed by atoms with Crippen molar-refractivity contribution in [2.24, 2.45) is 0 Å². The van der Waals surface area contributed by atoms with E-state index in [1.807, 2.05) is 60.7 Å². The Hall–Kier alpha value is -3.99. The molecule has 0 saturated heterocycles. The standard InChI is InChI=1S/C27H26N4O/c32-27(30-20-22-12-7-17-28-19-22)24-15-16-25(23-13-5-2-6-14-23)31-26(24)29-18-8-11-21-9-3-1-4-10-21/h1-7,9-10,12-17,19H,8,11,18,20H2,(H,29,31)(H,30,32). The number of hydrogen-bond acceptors (Lipinski definition) is 4. The largest absolute Gasteiger partial charge is 0.369 e. The van der Waals surface area contributed by atoms with E-state index in [4.69, 9.17) is 4.98 Å². The van der Waals surface area contributed by atoms with E-state index >= 15 is 0 Å². The minimum absolute atomic E-state index is 0.161. The number of carbonyl (C=O) groups is 1. The van der Waals surface area contributed by atoms with Crippen LogP contribution in [0.3, 0.4) is 0 Å². The highest BCUT2D eigenvalue weighted by atomic mass is 16.1. The van der Waals surface area contributed by atoms with E-state index in [1.165, 1.54) is 5.56 Å². The third-order valence-corrected chi connectivity index (χ3v) is 5.16. The first-order valence-corrected chi connectivity index (χ1v) is 10.8. The normalized spacial score (nSPS) is 10.5. The van der Waals surface area contributed by atoms with Crippen LogP contribution >= 0.6 is 0 Å². The SMILES string of the molecule is O=C(NCc1cccnc1)c1ccc(-c2ccccc2)nc1NCCCc1ccccc1. The van der Waals surface area contributed by atoms with Gasteiger partial charge in [0, 0.05) is 31.0 Å². The van der Waals surface area contributed by atoms with Crippen molar-refractivity contribution in [3.63, 3.8) is 0 Å². The number of nitrogens with zero attached hydrogens (tertiary/aromatic N) is 2. The molecule has 0 atom stereocenters. The van der Waals surface area contributed by atoms with Gasteiger partial charge in [-0.15, -0.1) is 0 Å². The summed E-state index contributed by atoms with van der Waals surface area (Å²) < 4.78 is 0. The van der Waals surface area contributed by atoms with E-state index in [9.17, 15) is 4.79 Å². The molecule has 160 valence electrons. The van der Waals surface area contributed by atoms with E-state index < -0.39 is 0 Å². The fourth-order valence-electron chi connectivity index (χ4n) is 3.47. The number of anilines is 1. The van der Waals surface area contributed by atoms with Gasteiger partial charge in [-0.05, 0) is 42.2 Å². The molecule has 0 fully saturated rings. The Balaban J connectivity index is 1.48. The zero-order valence-electron chi connectivity index (χ0n) is 17.9. The van der Waals surface area contributed by atoms with E-state index in [-0.39, 0.29) is 5.91 Å². The van der Waals surface area contributed by atoms with Crippen LogP contribution in [-0.4, -0.2) is 22.4 Å². The summed E-state index contributed by atoms with van der Waals surface area (Å²) in [7, 11) is 0. The highest BCUT2D eigenvalue weighted by molar-refractivity contribution is 5.99. The first-order chi connectivity index (χ1) is 15.8. The molecule has 0 aliphatic rings. The molecule has 0 radical (unpaired) electrons. The Bertz CT molecular complexity index is 1130. The summed E-state index contributed by atoms with van der Waals surface area (Å²) in [6, 6.07) is 27.9. The van der Waals surface area contributed by atoms with Gasteiger partial charge in [0.1, 0.15) is 5.82 Å². The lowest BCUT2D eigenvalue weighted by Gasteiger charge is -2.13. The molecule has 4 aromatic rings. The van der Waals surface area contributed by atoms with Crippen molar-refractivity contribution in [2.45, 2.75) is 19.4 Å². The second-order valence-corrected chi connectivity index (χ2v) is 7.52. The molecule has 2 aromatic heterocycles. The minimum Gasteiger partial charge on any atom is -0.369 e. The number of carbonyl (C=O) groups excluding carboxylic acids is 1. The molecule has 0 saturated carbocycles. The van der Waals surface area contributed by atoms with Gasteiger partial charge in [-0.3, -0.25) is 9.78 Å². The Morgan fingerprint density at radius 1 is 0.812 bits per heavy atom. The molecule has 0 aliphatic heterocycles. The molecule has 1 amide bonds. The molecule has 2 heterocycles. The average molecular weight is 423 g/mol. The van der Waals surface area contributed by atoms with E-state index in [2.05, 4.69) is 39.9 Å². The van der Waals surface area contributed by atoms with Crippen LogP contribution in [0.25, 0.3) is 11.3 Å². The Labute approximate surface area is 188 Å². The van der Waals surface area contributed by atoms with Crippen LogP contribution in [0.4, 0.5) is 5.82 Å². The van der Waals surface area contributed by atoms with E-state index in [1.54, 1.807) is 12.4 Å². The number of pyridine rings is 2. The van der Waals surface area contributed by atoms with Gasteiger partial charge in [0.05, 0.1) is 11.3 Å². The Morgan fingerprint density at radius 2 is 1.56 bits per heavy atom. The Kier molecular flexibility index (Phi) is 7.21. The van der Waals surface area contributed by atoms with Crippen LogP contribution in [0.5, 0.6) is 0 Å². The summed E-state index contributed by atoms with van der Waals surface area (Å²) in [5.41, 5.74) is 4.64. The van der Waals surface area contributed by atoms with Gasteiger partial charge in [-0.1, -0.05) is 66.7 Å². The molecule has 2 aromatic carbocycles. The summed E-state index contributed by atoms with van der Waals surface area (Å²) in [6.45, 7) is 1.14. The molecule has 0 unspecified atom stereocenters. The number of nitrogens with one attached hydrogen (secondary N) is 2. The van der Waals surface area contributed by atoms with Crippen LogP contribution in [0.15, 0.2) is 97.3 Å². The van der Waals surface area contributed by atoms with Crippen LogP contribution < -0.4 is 10.6 Å². The van der Waals surface area contributed by atoms with Crippen molar-refractivity contribution in [1.82, 2.24) is 15.3 Å². The van der Waals surface area contributed by atoms with Crippen LogP contribution in [0.1, 0.15) is 27.9 Å². The van der Waals surface area contributed by atoms with Gasteiger partial charge >= 0.3 is 0 Å². The number of rotatable bonds is 9. The molecule has 5 nitrogen and oxygen atoms in total. The summed E-state index contributed by atoms with van der Waals surface area (Å²) in [4.78, 5) is 21.8. The molecule has 2 N–H and O–H groups in total.